The zero-order valence-corrected chi connectivity index (χ0v) is 28.2. The van der Waals surface area contributed by atoms with Crippen LogP contribution >= 0.6 is 27.5 Å². The second kappa shape index (κ2) is 12.5. The van der Waals surface area contributed by atoms with Gasteiger partial charge in [0.25, 0.3) is 0 Å². The molecule has 0 radical (unpaired) electrons. The van der Waals surface area contributed by atoms with Crippen LogP contribution in [0.25, 0.3) is 22.0 Å². The molecule has 236 valence electrons. The highest BCUT2D eigenvalue weighted by Gasteiger charge is 2.28. The Bertz CT molecular complexity index is 1840. The summed E-state index contributed by atoms with van der Waals surface area (Å²) >= 11 is 10.1. The number of pyridine rings is 1. The number of fused-ring (bicyclic) bond motifs is 1. The van der Waals surface area contributed by atoms with Crippen LogP contribution in [0.5, 0.6) is 0 Å². The van der Waals surface area contributed by atoms with Gasteiger partial charge >= 0.3 is 6.09 Å². The van der Waals surface area contributed by atoms with Crippen LogP contribution in [0.3, 0.4) is 0 Å². The number of carbonyl (C=O) groups is 1. The molecular formula is C29H32BrClF2N6O4S. The van der Waals surface area contributed by atoms with Gasteiger partial charge in [-0.3, -0.25) is 9.40 Å². The number of nitrogens with one attached hydrogen (secondary N) is 2. The number of amides is 1. The molecule has 0 unspecified atom stereocenters. The van der Waals surface area contributed by atoms with Gasteiger partial charge in [-0.2, -0.15) is 5.10 Å². The predicted molar refractivity (Wildman–Crippen MR) is 172 cm³/mol. The number of aromatic nitrogens is 3. The zero-order chi connectivity index (χ0) is 32.7. The molecule has 4 rings (SSSR count). The third-order valence-electron chi connectivity index (χ3n) is 6.36. The normalized spacial score (nSPS) is 12.7. The van der Waals surface area contributed by atoms with Crippen LogP contribution in [0.2, 0.25) is 5.02 Å². The Balaban J connectivity index is 2.02. The van der Waals surface area contributed by atoms with Crippen molar-refractivity contribution in [1.29, 1.82) is 0 Å². The molecule has 0 aliphatic rings. The molecule has 4 aromatic rings. The highest BCUT2D eigenvalue weighted by molar-refractivity contribution is 9.10. The number of aryl methyl sites for hydroxylation is 1. The van der Waals surface area contributed by atoms with E-state index in [4.69, 9.17) is 21.3 Å². The van der Waals surface area contributed by atoms with E-state index in [0.717, 1.165) is 12.3 Å². The van der Waals surface area contributed by atoms with E-state index in [9.17, 15) is 22.0 Å². The van der Waals surface area contributed by atoms with Gasteiger partial charge in [0.1, 0.15) is 21.8 Å². The molecule has 1 amide bonds. The van der Waals surface area contributed by atoms with E-state index in [1.807, 2.05) is 25.1 Å². The largest absolute Gasteiger partial charge is 0.444 e. The summed E-state index contributed by atoms with van der Waals surface area (Å²) in [5.74, 6) is -1.50. The SMILES string of the molecule is CN(C)c1cc(-c2ccc(Cl)c3c(NS(C)(=O)=O)nn(C)c23)c([C@H](Cc2cc(F)cc(F)c2)NC(=O)OC(C)(C)C)nc1Br. The van der Waals surface area contributed by atoms with Crippen molar-refractivity contribution in [2.24, 2.45) is 7.05 Å². The molecule has 0 spiro atoms. The van der Waals surface area contributed by atoms with Gasteiger partial charge in [0, 0.05) is 38.3 Å². The maximum Gasteiger partial charge on any atom is 0.408 e. The quantitative estimate of drug-likeness (QED) is 0.198. The molecule has 0 aliphatic heterocycles. The van der Waals surface area contributed by atoms with Gasteiger partial charge in [-0.15, -0.1) is 0 Å². The van der Waals surface area contributed by atoms with Crippen LogP contribution in [0.1, 0.15) is 38.1 Å². The molecule has 0 aliphatic carbocycles. The van der Waals surface area contributed by atoms with E-state index < -0.39 is 39.4 Å². The first-order valence-corrected chi connectivity index (χ1v) is 16.3. The van der Waals surface area contributed by atoms with E-state index in [-0.39, 0.29) is 22.8 Å². The number of sulfonamides is 1. The smallest absolute Gasteiger partial charge is 0.408 e. The summed E-state index contributed by atoms with van der Waals surface area (Å²) in [6.07, 6.45) is 0.194. The first-order valence-electron chi connectivity index (χ1n) is 13.3. The third kappa shape index (κ3) is 7.77. The minimum atomic E-state index is -3.70. The van der Waals surface area contributed by atoms with Crippen molar-refractivity contribution in [3.8, 4) is 11.1 Å². The van der Waals surface area contributed by atoms with Crippen molar-refractivity contribution in [2.45, 2.75) is 38.8 Å². The van der Waals surface area contributed by atoms with Gasteiger partial charge in [-0.1, -0.05) is 17.7 Å². The van der Waals surface area contributed by atoms with Gasteiger partial charge in [0.15, 0.2) is 5.82 Å². The van der Waals surface area contributed by atoms with Crippen molar-refractivity contribution in [2.75, 3.05) is 30.0 Å². The Hall–Kier alpha value is -3.49. The second-order valence-electron chi connectivity index (χ2n) is 11.5. The second-order valence-corrected chi connectivity index (χ2v) is 14.4. The fourth-order valence-electron chi connectivity index (χ4n) is 4.76. The van der Waals surface area contributed by atoms with E-state index in [0.29, 0.717) is 38.0 Å². The highest BCUT2D eigenvalue weighted by Crippen LogP contribution is 2.42. The number of anilines is 2. The number of benzene rings is 2. The van der Waals surface area contributed by atoms with Crippen LogP contribution in [-0.4, -0.2) is 55.2 Å². The number of rotatable bonds is 8. The number of hydrogen-bond acceptors (Lipinski definition) is 7. The van der Waals surface area contributed by atoms with Crippen LogP contribution < -0.4 is 14.9 Å². The number of hydrogen-bond donors (Lipinski definition) is 2. The van der Waals surface area contributed by atoms with Gasteiger partial charge in [-0.05, 0) is 73.0 Å². The lowest BCUT2D eigenvalue weighted by Gasteiger charge is -2.26. The Kier molecular flexibility index (Phi) is 9.48. The molecule has 0 saturated carbocycles. The van der Waals surface area contributed by atoms with Crippen molar-refractivity contribution < 1.29 is 26.7 Å². The number of ether oxygens (including phenoxy) is 1. The summed E-state index contributed by atoms with van der Waals surface area (Å²) in [5.41, 5.74) is 2.00. The summed E-state index contributed by atoms with van der Waals surface area (Å²) in [6, 6.07) is 7.36. The van der Waals surface area contributed by atoms with Crippen LogP contribution in [0, 0.1) is 11.6 Å². The van der Waals surface area contributed by atoms with Crippen LogP contribution in [-0.2, 0) is 28.2 Å². The Labute approximate surface area is 267 Å². The lowest BCUT2D eigenvalue weighted by atomic mass is 9.94. The molecule has 44 heavy (non-hydrogen) atoms. The first kappa shape index (κ1) is 33.4. The van der Waals surface area contributed by atoms with E-state index in [1.165, 1.54) is 16.8 Å². The van der Waals surface area contributed by atoms with E-state index in [2.05, 4.69) is 31.1 Å². The lowest BCUT2D eigenvalue weighted by molar-refractivity contribution is 0.0502. The average Bonchev–Trinajstić information content (AvgIpc) is 3.17. The third-order valence-corrected chi connectivity index (χ3v) is 7.82. The maximum atomic E-state index is 14.2. The number of carbonyl (C=O) groups excluding carboxylic acids is 1. The molecule has 2 aromatic carbocycles. The van der Waals surface area contributed by atoms with Crippen molar-refractivity contribution in [1.82, 2.24) is 20.1 Å². The summed E-state index contributed by atoms with van der Waals surface area (Å²) in [6.45, 7) is 5.14. The number of alkyl carbamates (subject to hydrolysis) is 1. The standard InChI is InChI=1S/C29H32BrClF2N6O4S/c1-29(2,3)43-28(40)34-21(12-15-10-16(32)13-17(33)11-15)24-19(14-22(38(4)5)26(30)35-24)18-8-9-20(31)23-25(18)39(6)36-27(23)37-44(7,41)42/h8-11,13-14,21H,12H2,1-7H3,(H,34,40)(H,36,37)/t21-/m0/s1. The predicted octanol–water partition coefficient (Wildman–Crippen LogP) is 6.58. The fourth-order valence-corrected chi connectivity index (χ4v) is 6.16. The molecule has 10 nitrogen and oxygen atoms in total. The van der Waals surface area contributed by atoms with E-state index in [1.54, 1.807) is 40.0 Å². The minimum Gasteiger partial charge on any atom is -0.444 e. The summed E-state index contributed by atoms with van der Waals surface area (Å²) in [5, 5.41) is 7.81. The highest BCUT2D eigenvalue weighted by atomic mass is 79.9. The maximum absolute atomic E-state index is 14.2. The molecule has 0 saturated heterocycles. The average molecular weight is 714 g/mol. The van der Waals surface area contributed by atoms with Gasteiger partial charge in [0.2, 0.25) is 10.0 Å². The molecular weight excluding hydrogens is 682 g/mol. The first-order chi connectivity index (χ1) is 20.3. The summed E-state index contributed by atoms with van der Waals surface area (Å²) < 4.78 is 62.6. The molecule has 1 atom stereocenters. The topological polar surface area (TPSA) is 118 Å². The van der Waals surface area contributed by atoms with Gasteiger partial charge in [0.05, 0.1) is 39.6 Å². The van der Waals surface area contributed by atoms with Crippen LogP contribution in [0.15, 0.2) is 41.0 Å². The fraction of sp³-hybridized carbons (Fsp3) is 0.345. The number of nitrogens with zero attached hydrogens (tertiary/aromatic N) is 4. The van der Waals surface area contributed by atoms with E-state index >= 15 is 0 Å². The molecule has 2 aromatic heterocycles. The van der Waals surface area contributed by atoms with Gasteiger partial charge < -0.3 is 15.0 Å². The Morgan fingerprint density at radius 2 is 1.77 bits per heavy atom. The Morgan fingerprint density at radius 1 is 1.14 bits per heavy atom. The monoisotopic (exact) mass is 712 g/mol. The van der Waals surface area contributed by atoms with Gasteiger partial charge in [-0.25, -0.2) is 27.0 Å². The summed E-state index contributed by atoms with van der Waals surface area (Å²) in [7, 11) is 1.59. The van der Waals surface area contributed by atoms with Crippen molar-refractivity contribution in [3.05, 3.63) is 68.9 Å². The molecule has 0 bridgehead atoms. The zero-order valence-electron chi connectivity index (χ0n) is 25.1. The van der Waals surface area contributed by atoms with Crippen LogP contribution in [0.4, 0.5) is 25.1 Å². The number of halogens is 4. The molecule has 15 heteroatoms. The summed E-state index contributed by atoms with van der Waals surface area (Å²) in [4.78, 5) is 19.8. The van der Waals surface area contributed by atoms with Crippen molar-refractivity contribution in [3.63, 3.8) is 0 Å². The molecule has 2 N–H and O–H groups in total. The Morgan fingerprint density at radius 3 is 2.34 bits per heavy atom. The molecule has 0 fully saturated rings. The van der Waals surface area contributed by atoms with Crippen molar-refractivity contribution >= 4 is 66.1 Å². The lowest BCUT2D eigenvalue weighted by Crippen LogP contribution is -2.36. The minimum absolute atomic E-state index is 0.0370. The molecule has 2 heterocycles.